The highest BCUT2D eigenvalue weighted by atomic mass is 32.1. The van der Waals surface area contributed by atoms with E-state index in [1.54, 1.807) is 35.4 Å². The minimum atomic E-state index is -0.525. The van der Waals surface area contributed by atoms with Gasteiger partial charge in [0.25, 0.3) is 5.91 Å². The molecule has 2 heterocycles. The molecule has 1 aliphatic heterocycles. The first-order chi connectivity index (χ1) is 11.5. The predicted octanol–water partition coefficient (Wildman–Crippen LogP) is 2.24. The summed E-state index contributed by atoms with van der Waals surface area (Å²) in [6.45, 7) is 2.34. The van der Waals surface area contributed by atoms with Gasteiger partial charge in [0.1, 0.15) is 17.1 Å². The molecule has 0 saturated carbocycles. The van der Waals surface area contributed by atoms with Gasteiger partial charge in [0.15, 0.2) is 0 Å². The average Bonchev–Trinajstić information content (AvgIpc) is 3.14. The molecule has 1 aromatic heterocycles. The number of thiophene rings is 1. The Morgan fingerprint density at radius 3 is 2.96 bits per heavy atom. The molecule has 0 bridgehead atoms. The first kappa shape index (κ1) is 16.0. The summed E-state index contributed by atoms with van der Waals surface area (Å²) in [6, 6.07) is 8.73. The summed E-state index contributed by atoms with van der Waals surface area (Å²) < 4.78 is 0. The lowest BCUT2D eigenvalue weighted by molar-refractivity contribution is -0.117. The van der Waals surface area contributed by atoms with E-state index in [1.165, 1.54) is 11.3 Å². The van der Waals surface area contributed by atoms with Crippen LogP contribution < -0.4 is 16.0 Å². The second-order valence-corrected chi connectivity index (χ2v) is 6.48. The smallest absolute Gasteiger partial charge is 0.251 e. The molecule has 3 N–H and O–H groups in total. The van der Waals surface area contributed by atoms with E-state index >= 15 is 0 Å². The molecular weight excluding hydrogens is 324 g/mol. The molecule has 1 atom stereocenters. The van der Waals surface area contributed by atoms with Crippen molar-refractivity contribution in [3.05, 3.63) is 46.3 Å². The van der Waals surface area contributed by atoms with Crippen molar-refractivity contribution in [2.75, 3.05) is 16.8 Å². The van der Waals surface area contributed by atoms with E-state index in [0.29, 0.717) is 34.8 Å². The number of carbonyl (C=O) groups is 2. The van der Waals surface area contributed by atoms with Crippen LogP contribution in [0.3, 0.4) is 0 Å². The molecule has 24 heavy (non-hydrogen) atoms. The van der Waals surface area contributed by atoms with Crippen LogP contribution in [0.2, 0.25) is 0 Å². The highest BCUT2D eigenvalue weighted by Crippen LogP contribution is 2.32. The van der Waals surface area contributed by atoms with E-state index in [0.717, 1.165) is 5.56 Å². The van der Waals surface area contributed by atoms with E-state index < -0.39 is 11.9 Å². The lowest BCUT2D eigenvalue weighted by Gasteiger charge is -2.18. The van der Waals surface area contributed by atoms with Gasteiger partial charge < -0.3 is 16.0 Å². The zero-order valence-electron chi connectivity index (χ0n) is 13.1. The van der Waals surface area contributed by atoms with Crippen molar-refractivity contribution in [1.29, 1.82) is 5.26 Å². The van der Waals surface area contributed by atoms with Crippen molar-refractivity contribution in [2.24, 2.45) is 5.73 Å². The van der Waals surface area contributed by atoms with E-state index in [4.69, 9.17) is 11.0 Å². The number of hydrogen-bond donors (Lipinski definition) is 2. The molecule has 3 rings (SSSR count). The van der Waals surface area contributed by atoms with Gasteiger partial charge in [-0.1, -0.05) is 12.1 Å². The summed E-state index contributed by atoms with van der Waals surface area (Å²) in [4.78, 5) is 26.0. The van der Waals surface area contributed by atoms with Crippen LogP contribution in [-0.2, 0) is 4.79 Å². The maximum Gasteiger partial charge on any atom is 0.251 e. The number of primary amides is 1. The lowest BCUT2D eigenvalue weighted by Crippen LogP contribution is -2.34. The van der Waals surface area contributed by atoms with E-state index in [9.17, 15) is 9.59 Å². The molecule has 1 unspecified atom stereocenters. The maximum atomic E-state index is 12.7. The van der Waals surface area contributed by atoms with E-state index in [1.807, 2.05) is 6.07 Å². The number of nitrogens with zero attached hydrogens (tertiary/aromatic N) is 2. The van der Waals surface area contributed by atoms with Gasteiger partial charge in [-0.3, -0.25) is 9.59 Å². The fourth-order valence-electron chi connectivity index (χ4n) is 2.91. The molecule has 0 spiro atoms. The number of aryl methyl sites for hydroxylation is 1. The number of nitrogens with one attached hydrogen (secondary N) is 1. The number of amides is 2. The summed E-state index contributed by atoms with van der Waals surface area (Å²) in [7, 11) is 0. The quantitative estimate of drug-likeness (QED) is 0.891. The number of benzene rings is 1. The SMILES string of the molecule is Cc1cccc(NC2CCN(c3sccc3C#N)C2=O)c1C(N)=O. The van der Waals surface area contributed by atoms with Gasteiger partial charge >= 0.3 is 0 Å². The monoisotopic (exact) mass is 340 g/mol. The van der Waals surface area contributed by atoms with Crippen LogP contribution in [0.4, 0.5) is 10.7 Å². The van der Waals surface area contributed by atoms with Gasteiger partial charge in [0, 0.05) is 12.2 Å². The van der Waals surface area contributed by atoms with Crippen LogP contribution in [0.5, 0.6) is 0 Å². The highest BCUT2D eigenvalue weighted by molar-refractivity contribution is 7.14. The molecule has 2 amide bonds. The van der Waals surface area contributed by atoms with E-state index in [-0.39, 0.29) is 5.91 Å². The maximum absolute atomic E-state index is 12.7. The Kier molecular flexibility index (Phi) is 4.23. The van der Waals surface area contributed by atoms with Crippen molar-refractivity contribution in [1.82, 2.24) is 0 Å². The molecule has 6 nitrogen and oxygen atoms in total. The number of rotatable bonds is 4. The Morgan fingerprint density at radius 1 is 1.46 bits per heavy atom. The van der Waals surface area contributed by atoms with Gasteiger partial charge in [-0.05, 0) is 36.4 Å². The molecule has 7 heteroatoms. The third-order valence-corrected chi connectivity index (χ3v) is 5.00. The third kappa shape index (κ3) is 2.72. The summed E-state index contributed by atoms with van der Waals surface area (Å²) >= 11 is 1.37. The zero-order chi connectivity index (χ0) is 17.3. The fraction of sp³-hybridized carbons (Fsp3) is 0.235. The number of carbonyl (C=O) groups excluding carboxylic acids is 2. The molecule has 1 aromatic carbocycles. The molecular formula is C17H16N4O2S. The van der Waals surface area contributed by atoms with Crippen LogP contribution >= 0.6 is 11.3 Å². The fourth-order valence-corrected chi connectivity index (χ4v) is 3.80. The normalized spacial score (nSPS) is 16.9. The second-order valence-electron chi connectivity index (χ2n) is 5.59. The molecule has 2 aromatic rings. The van der Waals surface area contributed by atoms with Gasteiger partial charge in [-0.15, -0.1) is 11.3 Å². The Morgan fingerprint density at radius 2 is 2.25 bits per heavy atom. The van der Waals surface area contributed by atoms with Crippen LogP contribution in [0.25, 0.3) is 0 Å². The lowest BCUT2D eigenvalue weighted by atomic mass is 10.1. The Labute approximate surface area is 143 Å². The minimum absolute atomic E-state index is 0.106. The van der Waals surface area contributed by atoms with Crippen molar-refractivity contribution in [3.8, 4) is 6.07 Å². The van der Waals surface area contributed by atoms with Crippen molar-refractivity contribution in [3.63, 3.8) is 0 Å². The number of anilines is 2. The summed E-state index contributed by atoms with van der Waals surface area (Å²) in [5.74, 6) is -0.631. The Hall–Kier alpha value is -2.85. The first-order valence-corrected chi connectivity index (χ1v) is 8.36. The molecule has 0 aliphatic carbocycles. The van der Waals surface area contributed by atoms with Crippen molar-refractivity contribution >= 4 is 33.8 Å². The number of nitriles is 1. The molecule has 1 saturated heterocycles. The zero-order valence-corrected chi connectivity index (χ0v) is 13.9. The topological polar surface area (TPSA) is 99.2 Å². The van der Waals surface area contributed by atoms with Gasteiger partial charge in [-0.25, -0.2) is 0 Å². The van der Waals surface area contributed by atoms with Gasteiger partial charge in [0.05, 0.1) is 11.1 Å². The summed E-state index contributed by atoms with van der Waals surface area (Å²) in [6.07, 6.45) is 0.591. The second kappa shape index (κ2) is 6.34. The molecule has 1 aliphatic rings. The van der Waals surface area contributed by atoms with Crippen LogP contribution in [0.1, 0.15) is 27.9 Å². The molecule has 122 valence electrons. The van der Waals surface area contributed by atoms with E-state index in [2.05, 4.69) is 11.4 Å². The Bertz CT molecular complexity index is 853. The molecule has 0 radical (unpaired) electrons. The van der Waals surface area contributed by atoms with Crippen LogP contribution in [0.15, 0.2) is 29.6 Å². The summed E-state index contributed by atoms with van der Waals surface area (Å²) in [5.41, 5.74) is 7.69. The highest BCUT2D eigenvalue weighted by Gasteiger charge is 2.34. The third-order valence-electron chi connectivity index (χ3n) is 4.06. The standard InChI is InChI=1S/C17H16N4O2S/c1-10-3-2-4-12(14(10)15(19)22)20-13-5-7-21(16(13)23)17-11(9-18)6-8-24-17/h2-4,6,8,13,20H,5,7H2,1H3,(H2,19,22). The Balaban J connectivity index is 1.84. The average molecular weight is 340 g/mol. The molecule has 1 fully saturated rings. The largest absolute Gasteiger partial charge is 0.373 e. The first-order valence-electron chi connectivity index (χ1n) is 7.48. The number of hydrogen-bond acceptors (Lipinski definition) is 5. The minimum Gasteiger partial charge on any atom is -0.373 e. The van der Waals surface area contributed by atoms with Gasteiger partial charge in [0.2, 0.25) is 5.91 Å². The predicted molar refractivity (Wildman–Crippen MR) is 93.1 cm³/mol. The van der Waals surface area contributed by atoms with Crippen LogP contribution in [-0.4, -0.2) is 24.4 Å². The number of nitrogens with two attached hydrogens (primary N) is 1. The van der Waals surface area contributed by atoms with Crippen molar-refractivity contribution < 1.29 is 9.59 Å². The van der Waals surface area contributed by atoms with Crippen LogP contribution in [0, 0.1) is 18.3 Å². The summed E-state index contributed by atoms with van der Waals surface area (Å²) in [5, 5.41) is 14.7. The van der Waals surface area contributed by atoms with Crippen molar-refractivity contribution in [2.45, 2.75) is 19.4 Å². The van der Waals surface area contributed by atoms with Gasteiger partial charge in [-0.2, -0.15) is 5.26 Å².